The molecular weight excluding hydrogens is 278 g/mol. The summed E-state index contributed by atoms with van der Waals surface area (Å²) in [5.41, 5.74) is 3.06. The van der Waals surface area contributed by atoms with Gasteiger partial charge < -0.3 is 0 Å². The molecule has 0 saturated carbocycles. The maximum Gasteiger partial charge on any atom is 0.269 e. The second-order valence-corrected chi connectivity index (χ2v) is 5.36. The molecule has 0 unspecified atom stereocenters. The Labute approximate surface area is 120 Å². The first-order valence-electron chi connectivity index (χ1n) is 6.32. The average Bonchev–Trinajstić information content (AvgIpc) is 2.77. The third-order valence-corrected chi connectivity index (χ3v) is 4.09. The van der Waals surface area contributed by atoms with E-state index in [4.69, 9.17) is 11.6 Å². The fraction of sp³-hybridized carbons (Fsp3) is 0.286. The maximum absolute atomic E-state index is 10.7. The van der Waals surface area contributed by atoms with Crippen molar-refractivity contribution >= 4 is 17.3 Å². The summed E-state index contributed by atoms with van der Waals surface area (Å²) < 4.78 is 0. The molecule has 0 N–H and O–H groups in total. The molecule has 102 valence electrons. The Hall–Kier alpha value is -2.01. The first-order chi connectivity index (χ1) is 9.58. The van der Waals surface area contributed by atoms with Gasteiger partial charge in [0.05, 0.1) is 10.6 Å². The van der Waals surface area contributed by atoms with Crippen LogP contribution in [0.2, 0.25) is 5.15 Å². The van der Waals surface area contributed by atoms with E-state index in [0.717, 1.165) is 23.2 Å². The first kappa shape index (κ1) is 13.0. The second-order valence-electron chi connectivity index (χ2n) is 5.00. The summed E-state index contributed by atoms with van der Waals surface area (Å²) >= 11 is 6.14. The zero-order valence-corrected chi connectivity index (χ0v) is 11.5. The number of nitrogens with zero attached hydrogens (tertiary/aromatic N) is 3. The second kappa shape index (κ2) is 4.83. The summed E-state index contributed by atoms with van der Waals surface area (Å²) in [5, 5.41) is 11.2. The molecule has 1 aliphatic carbocycles. The molecule has 0 saturated heterocycles. The number of non-ortho nitro benzene ring substituents is 1. The highest BCUT2D eigenvalue weighted by atomic mass is 35.5. The number of nitro groups is 1. The van der Waals surface area contributed by atoms with E-state index in [1.807, 2.05) is 0 Å². The largest absolute Gasteiger partial charge is 0.269 e. The van der Waals surface area contributed by atoms with Crippen molar-refractivity contribution in [2.75, 3.05) is 0 Å². The minimum Gasteiger partial charge on any atom is -0.258 e. The highest BCUT2D eigenvalue weighted by Crippen LogP contribution is 2.45. The van der Waals surface area contributed by atoms with E-state index in [-0.39, 0.29) is 11.6 Å². The van der Waals surface area contributed by atoms with Gasteiger partial charge >= 0.3 is 0 Å². The molecule has 1 aromatic heterocycles. The van der Waals surface area contributed by atoms with Crippen molar-refractivity contribution in [2.24, 2.45) is 0 Å². The number of hydrogen-bond donors (Lipinski definition) is 0. The zero-order chi connectivity index (χ0) is 14.3. The third-order valence-electron chi connectivity index (χ3n) is 3.78. The lowest BCUT2D eigenvalue weighted by molar-refractivity contribution is -0.384. The van der Waals surface area contributed by atoms with Crippen LogP contribution >= 0.6 is 11.6 Å². The van der Waals surface area contributed by atoms with E-state index in [9.17, 15) is 10.1 Å². The number of halogens is 1. The Kier molecular flexibility index (Phi) is 3.14. The molecule has 0 aliphatic heterocycles. The first-order valence-corrected chi connectivity index (χ1v) is 6.70. The van der Waals surface area contributed by atoms with Crippen LogP contribution in [-0.4, -0.2) is 14.9 Å². The standard InChI is InChI=1S/C14H12ClN3O2/c1-8-6-11(13-12(8)14(15)17-7-16-13)9-2-4-10(5-3-9)18(19)20/h2-5,7-8,11H,6H2,1H3/t8-,11-/m1/s1. The van der Waals surface area contributed by atoms with Gasteiger partial charge in [0.15, 0.2) is 0 Å². The van der Waals surface area contributed by atoms with Gasteiger partial charge in [-0.3, -0.25) is 10.1 Å². The van der Waals surface area contributed by atoms with Crippen LogP contribution in [0.3, 0.4) is 0 Å². The van der Waals surface area contributed by atoms with E-state index in [1.54, 1.807) is 12.1 Å². The normalized spacial score (nSPS) is 20.7. The molecule has 1 aliphatic rings. The number of benzene rings is 1. The highest BCUT2D eigenvalue weighted by Gasteiger charge is 2.33. The van der Waals surface area contributed by atoms with Gasteiger partial charge in [0, 0.05) is 23.6 Å². The predicted octanol–water partition coefficient (Wildman–Crippen LogP) is 3.68. The van der Waals surface area contributed by atoms with Gasteiger partial charge in [-0.15, -0.1) is 0 Å². The predicted molar refractivity (Wildman–Crippen MR) is 75.0 cm³/mol. The Morgan fingerprint density at radius 2 is 2.00 bits per heavy atom. The summed E-state index contributed by atoms with van der Waals surface area (Å²) in [4.78, 5) is 18.7. The molecule has 0 fully saturated rings. The SMILES string of the molecule is C[C@@H]1C[C@H](c2ccc([N+](=O)[O-])cc2)c2ncnc(Cl)c21. The summed E-state index contributed by atoms with van der Waals surface area (Å²) in [6.45, 7) is 2.10. The Morgan fingerprint density at radius 1 is 1.30 bits per heavy atom. The molecule has 1 heterocycles. The molecule has 2 atom stereocenters. The molecular formula is C14H12ClN3O2. The number of aromatic nitrogens is 2. The lowest BCUT2D eigenvalue weighted by atomic mass is 9.95. The summed E-state index contributed by atoms with van der Waals surface area (Å²) in [6, 6.07) is 6.64. The van der Waals surface area contributed by atoms with Gasteiger partial charge in [-0.2, -0.15) is 0 Å². The van der Waals surface area contributed by atoms with Crippen molar-refractivity contribution in [3.05, 3.63) is 62.7 Å². The lowest BCUT2D eigenvalue weighted by Crippen LogP contribution is -2.00. The number of hydrogen-bond acceptors (Lipinski definition) is 4. The van der Waals surface area contributed by atoms with Gasteiger partial charge in [0.2, 0.25) is 0 Å². The minimum absolute atomic E-state index is 0.0979. The molecule has 0 amide bonds. The smallest absolute Gasteiger partial charge is 0.258 e. The van der Waals surface area contributed by atoms with Crippen LogP contribution in [0.4, 0.5) is 5.69 Å². The molecule has 3 rings (SSSR count). The highest BCUT2D eigenvalue weighted by molar-refractivity contribution is 6.30. The molecule has 20 heavy (non-hydrogen) atoms. The Balaban J connectivity index is 2.01. The van der Waals surface area contributed by atoms with Crippen LogP contribution in [0.5, 0.6) is 0 Å². The fourth-order valence-corrected chi connectivity index (χ4v) is 3.15. The van der Waals surface area contributed by atoms with Crippen molar-refractivity contribution in [3.8, 4) is 0 Å². The van der Waals surface area contributed by atoms with Crippen LogP contribution in [0.25, 0.3) is 0 Å². The van der Waals surface area contributed by atoms with E-state index >= 15 is 0 Å². The van der Waals surface area contributed by atoms with E-state index in [1.165, 1.54) is 18.5 Å². The van der Waals surface area contributed by atoms with E-state index in [0.29, 0.717) is 11.1 Å². The Morgan fingerprint density at radius 3 is 2.65 bits per heavy atom. The number of rotatable bonds is 2. The summed E-state index contributed by atoms with van der Waals surface area (Å²) in [6.07, 6.45) is 2.36. The minimum atomic E-state index is -0.395. The quantitative estimate of drug-likeness (QED) is 0.480. The maximum atomic E-state index is 10.7. The van der Waals surface area contributed by atoms with Gasteiger partial charge in [-0.05, 0) is 17.9 Å². The van der Waals surface area contributed by atoms with E-state index in [2.05, 4.69) is 16.9 Å². The lowest BCUT2D eigenvalue weighted by Gasteiger charge is -2.10. The fourth-order valence-electron chi connectivity index (χ4n) is 2.83. The number of fused-ring (bicyclic) bond motifs is 1. The van der Waals surface area contributed by atoms with Gasteiger partial charge in [-0.1, -0.05) is 30.7 Å². The van der Waals surface area contributed by atoms with Gasteiger partial charge in [-0.25, -0.2) is 9.97 Å². The summed E-state index contributed by atoms with van der Waals surface area (Å²) in [7, 11) is 0. The molecule has 1 aromatic carbocycles. The Bertz CT molecular complexity index is 673. The molecule has 0 spiro atoms. The van der Waals surface area contributed by atoms with Crippen LogP contribution < -0.4 is 0 Å². The molecule has 0 radical (unpaired) electrons. The van der Waals surface area contributed by atoms with Crippen LogP contribution in [0, 0.1) is 10.1 Å². The third kappa shape index (κ3) is 2.04. The zero-order valence-electron chi connectivity index (χ0n) is 10.8. The van der Waals surface area contributed by atoms with Crippen LogP contribution in [-0.2, 0) is 0 Å². The molecule has 0 bridgehead atoms. The summed E-state index contributed by atoms with van der Waals surface area (Å²) in [5.74, 6) is 0.417. The van der Waals surface area contributed by atoms with Crippen molar-refractivity contribution in [2.45, 2.75) is 25.2 Å². The van der Waals surface area contributed by atoms with Crippen molar-refractivity contribution in [1.82, 2.24) is 9.97 Å². The van der Waals surface area contributed by atoms with Crippen LogP contribution in [0.1, 0.15) is 42.0 Å². The van der Waals surface area contributed by atoms with Crippen molar-refractivity contribution in [3.63, 3.8) is 0 Å². The van der Waals surface area contributed by atoms with Crippen molar-refractivity contribution < 1.29 is 4.92 Å². The van der Waals surface area contributed by atoms with E-state index < -0.39 is 4.92 Å². The molecule has 2 aromatic rings. The molecule has 5 nitrogen and oxygen atoms in total. The average molecular weight is 290 g/mol. The van der Waals surface area contributed by atoms with Gasteiger partial charge in [0.25, 0.3) is 5.69 Å². The monoisotopic (exact) mass is 289 g/mol. The number of nitro benzene ring substituents is 1. The van der Waals surface area contributed by atoms with Crippen LogP contribution in [0.15, 0.2) is 30.6 Å². The molecule has 6 heteroatoms. The van der Waals surface area contributed by atoms with Gasteiger partial charge in [0.1, 0.15) is 11.5 Å². The van der Waals surface area contributed by atoms with Crippen molar-refractivity contribution in [1.29, 1.82) is 0 Å². The topological polar surface area (TPSA) is 68.9 Å².